The van der Waals surface area contributed by atoms with Gasteiger partial charge in [0.15, 0.2) is 5.82 Å². The molecule has 0 spiro atoms. The van der Waals surface area contributed by atoms with Crippen LogP contribution in [0.25, 0.3) is 0 Å². The van der Waals surface area contributed by atoms with Gasteiger partial charge < -0.3 is 14.7 Å². The number of aromatic nitrogens is 2. The first-order chi connectivity index (χ1) is 12.3. The lowest BCUT2D eigenvalue weighted by Crippen LogP contribution is -2.30. The van der Waals surface area contributed by atoms with Crippen molar-refractivity contribution < 1.29 is 14.1 Å². The second-order valence-electron chi connectivity index (χ2n) is 6.59. The highest BCUT2D eigenvalue weighted by atomic mass is 35.5. The maximum atomic E-state index is 12.2. The summed E-state index contributed by atoms with van der Waals surface area (Å²) in [5.41, 5.74) is 1.35. The smallest absolute Gasteiger partial charge is 0.233 e. The molecule has 0 atom stereocenters. The van der Waals surface area contributed by atoms with E-state index in [1.54, 1.807) is 32.2 Å². The molecule has 1 N–H and O–H groups in total. The fourth-order valence-corrected chi connectivity index (χ4v) is 2.47. The molecule has 0 aliphatic carbocycles. The maximum absolute atomic E-state index is 12.2. The summed E-state index contributed by atoms with van der Waals surface area (Å²) >= 11 is 6.03. The number of carbonyl (C=O) groups is 2. The topological polar surface area (TPSA) is 88.3 Å². The summed E-state index contributed by atoms with van der Waals surface area (Å²) in [6.45, 7) is 6.10. The van der Waals surface area contributed by atoms with Gasteiger partial charge in [0.2, 0.25) is 17.7 Å². The second kappa shape index (κ2) is 8.80. The van der Waals surface area contributed by atoms with Gasteiger partial charge in [-0.05, 0) is 30.5 Å². The summed E-state index contributed by atoms with van der Waals surface area (Å²) in [6.07, 6.45) is 0.408. The molecular weight excluding hydrogens is 356 g/mol. The first-order valence-electron chi connectivity index (χ1n) is 8.36. The molecule has 2 rings (SSSR count). The minimum absolute atomic E-state index is 0.184. The van der Waals surface area contributed by atoms with Gasteiger partial charge in [-0.25, -0.2) is 0 Å². The molecule has 7 nitrogen and oxygen atoms in total. The van der Waals surface area contributed by atoms with Gasteiger partial charge in [-0.2, -0.15) is 4.98 Å². The third-order valence-corrected chi connectivity index (χ3v) is 4.16. The molecule has 0 unspecified atom stereocenters. The Morgan fingerprint density at radius 3 is 2.77 bits per heavy atom. The Balaban J connectivity index is 1.89. The van der Waals surface area contributed by atoms with Crippen LogP contribution in [0.15, 0.2) is 22.7 Å². The molecule has 0 radical (unpaired) electrons. The van der Waals surface area contributed by atoms with Gasteiger partial charge in [-0.1, -0.05) is 36.7 Å². The molecule has 26 heavy (non-hydrogen) atoms. The molecule has 1 aromatic heterocycles. The highest BCUT2D eigenvalue weighted by molar-refractivity contribution is 6.31. The molecule has 0 aliphatic heterocycles. The van der Waals surface area contributed by atoms with E-state index in [0.29, 0.717) is 34.8 Å². The molecular formula is C18H23ClN4O3. The van der Waals surface area contributed by atoms with Crippen LogP contribution in [0.1, 0.15) is 37.5 Å². The number of hydrogen-bond acceptors (Lipinski definition) is 5. The molecule has 0 saturated heterocycles. The van der Waals surface area contributed by atoms with E-state index >= 15 is 0 Å². The SMILES string of the molecule is Cc1c(Cl)cccc1NC(=O)CC(=O)N(C)Cc1noc(CC(C)C)n1. The number of halogens is 1. The van der Waals surface area contributed by atoms with E-state index in [-0.39, 0.29) is 18.9 Å². The first kappa shape index (κ1) is 19.9. The Hall–Kier alpha value is -2.41. The number of amides is 2. The van der Waals surface area contributed by atoms with Gasteiger partial charge in [0, 0.05) is 24.2 Å². The normalized spacial score (nSPS) is 10.8. The zero-order valence-corrected chi connectivity index (χ0v) is 16.1. The average Bonchev–Trinajstić information content (AvgIpc) is 2.97. The van der Waals surface area contributed by atoms with Crippen LogP contribution in [0.5, 0.6) is 0 Å². The monoisotopic (exact) mass is 378 g/mol. The number of anilines is 1. The minimum atomic E-state index is -0.402. The average molecular weight is 379 g/mol. The molecule has 140 valence electrons. The van der Waals surface area contributed by atoms with Gasteiger partial charge in [0.1, 0.15) is 6.42 Å². The Morgan fingerprint density at radius 1 is 1.35 bits per heavy atom. The van der Waals surface area contributed by atoms with Crippen LogP contribution in [-0.4, -0.2) is 33.9 Å². The van der Waals surface area contributed by atoms with E-state index in [1.165, 1.54) is 4.90 Å². The van der Waals surface area contributed by atoms with Gasteiger partial charge in [0.25, 0.3) is 0 Å². The summed E-state index contributed by atoms with van der Waals surface area (Å²) in [7, 11) is 1.60. The molecule has 2 aromatic rings. The van der Waals surface area contributed by atoms with E-state index in [4.69, 9.17) is 16.1 Å². The molecule has 0 bridgehead atoms. The van der Waals surface area contributed by atoms with Crippen molar-refractivity contribution >= 4 is 29.1 Å². The molecule has 0 fully saturated rings. The Labute approximate surface area is 157 Å². The molecule has 2 amide bonds. The van der Waals surface area contributed by atoms with Crippen LogP contribution < -0.4 is 5.32 Å². The first-order valence-corrected chi connectivity index (χ1v) is 8.74. The predicted octanol–water partition coefficient (Wildman–Crippen LogP) is 3.22. The summed E-state index contributed by atoms with van der Waals surface area (Å²) in [5, 5.41) is 7.13. The summed E-state index contributed by atoms with van der Waals surface area (Å²) in [6, 6.07) is 5.22. The van der Waals surface area contributed by atoms with E-state index < -0.39 is 5.91 Å². The van der Waals surface area contributed by atoms with E-state index in [2.05, 4.69) is 29.3 Å². The number of carbonyl (C=O) groups excluding carboxylic acids is 2. The lowest BCUT2D eigenvalue weighted by atomic mass is 10.1. The van der Waals surface area contributed by atoms with Crippen LogP contribution in [0.4, 0.5) is 5.69 Å². The van der Waals surface area contributed by atoms with Crippen LogP contribution >= 0.6 is 11.6 Å². The molecule has 1 aromatic carbocycles. The Kier molecular flexibility index (Phi) is 6.74. The van der Waals surface area contributed by atoms with Gasteiger partial charge >= 0.3 is 0 Å². The van der Waals surface area contributed by atoms with Crippen LogP contribution in [0, 0.1) is 12.8 Å². The Morgan fingerprint density at radius 2 is 2.08 bits per heavy atom. The lowest BCUT2D eigenvalue weighted by Gasteiger charge is -2.15. The molecule has 0 saturated carbocycles. The highest BCUT2D eigenvalue weighted by Crippen LogP contribution is 2.23. The zero-order valence-electron chi connectivity index (χ0n) is 15.4. The molecule has 0 aliphatic rings. The minimum Gasteiger partial charge on any atom is -0.339 e. The maximum Gasteiger partial charge on any atom is 0.233 e. The van der Waals surface area contributed by atoms with Gasteiger partial charge in [-0.3, -0.25) is 9.59 Å². The van der Waals surface area contributed by atoms with Crippen molar-refractivity contribution in [3.05, 3.63) is 40.5 Å². The third-order valence-electron chi connectivity index (χ3n) is 3.75. The third kappa shape index (κ3) is 5.56. The number of benzene rings is 1. The highest BCUT2D eigenvalue weighted by Gasteiger charge is 2.18. The number of rotatable bonds is 7. The largest absolute Gasteiger partial charge is 0.339 e. The van der Waals surface area contributed by atoms with Crippen molar-refractivity contribution in [2.24, 2.45) is 5.92 Å². The van der Waals surface area contributed by atoms with Crippen molar-refractivity contribution in [2.45, 2.75) is 40.2 Å². The van der Waals surface area contributed by atoms with E-state index in [0.717, 1.165) is 5.56 Å². The predicted molar refractivity (Wildman–Crippen MR) is 98.7 cm³/mol. The molecule has 1 heterocycles. The van der Waals surface area contributed by atoms with E-state index in [9.17, 15) is 9.59 Å². The number of nitrogens with zero attached hydrogens (tertiary/aromatic N) is 3. The fourth-order valence-electron chi connectivity index (χ4n) is 2.30. The molecule has 8 heteroatoms. The second-order valence-corrected chi connectivity index (χ2v) is 7.00. The van der Waals surface area contributed by atoms with Crippen molar-refractivity contribution in [3.63, 3.8) is 0 Å². The van der Waals surface area contributed by atoms with Crippen molar-refractivity contribution in [2.75, 3.05) is 12.4 Å². The van der Waals surface area contributed by atoms with Crippen LogP contribution in [0.2, 0.25) is 5.02 Å². The fraction of sp³-hybridized carbons (Fsp3) is 0.444. The van der Waals surface area contributed by atoms with Gasteiger partial charge in [-0.15, -0.1) is 0 Å². The van der Waals surface area contributed by atoms with E-state index in [1.807, 2.05) is 0 Å². The Bertz CT molecular complexity index is 788. The van der Waals surface area contributed by atoms with Crippen LogP contribution in [-0.2, 0) is 22.6 Å². The quantitative estimate of drug-likeness (QED) is 0.747. The zero-order chi connectivity index (χ0) is 19.3. The summed E-state index contributed by atoms with van der Waals surface area (Å²) < 4.78 is 5.15. The van der Waals surface area contributed by atoms with Crippen molar-refractivity contribution in [3.8, 4) is 0 Å². The van der Waals surface area contributed by atoms with Crippen molar-refractivity contribution in [1.82, 2.24) is 15.0 Å². The summed E-state index contributed by atoms with van der Waals surface area (Å²) in [5.74, 6) is 0.632. The number of nitrogens with one attached hydrogen (secondary N) is 1. The lowest BCUT2D eigenvalue weighted by molar-refractivity contribution is -0.134. The van der Waals surface area contributed by atoms with Gasteiger partial charge in [0.05, 0.1) is 6.54 Å². The standard InChI is InChI=1S/C18H23ClN4O3/c1-11(2)8-17-21-15(22-26-17)10-23(4)18(25)9-16(24)20-14-7-5-6-13(19)12(14)3/h5-7,11H,8-10H2,1-4H3,(H,20,24). The summed E-state index contributed by atoms with van der Waals surface area (Å²) in [4.78, 5) is 30.0. The van der Waals surface area contributed by atoms with Crippen molar-refractivity contribution in [1.29, 1.82) is 0 Å². The van der Waals surface area contributed by atoms with Crippen LogP contribution in [0.3, 0.4) is 0 Å². The number of hydrogen-bond donors (Lipinski definition) is 1.